The number of nitrogens with one attached hydrogen (secondary N) is 1. The van der Waals surface area contributed by atoms with E-state index in [-0.39, 0.29) is 0 Å². The minimum atomic E-state index is 0.305. The van der Waals surface area contributed by atoms with Gasteiger partial charge in [0.2, 0.25) is 0 Å². The zero-order chi connectivity index (χ0) is 11.5. The van der Waals surface area contributed by atoms with E-state index in [1.165, 1.54) is 12.8 Å². The summed E-state index contributed by atoms with van der Waals surface area (Å²) >= 11 is 12.1. The average molecular weight is 260 g/mol. The van der Waals surface area contributed by atoms with Crippen molar-refractivity contribution in [1.82, 2.24) is 5.32 Å². The SMILES string of the molecule is COc1c(Cl)cc(Cl)cc1C1CCCCN1. The van der Waals surface area contributed by atoms with E-state index >= 15 is 0 Å². The maximum Gasteiger partial charge on any atom is 0.142 e. The first-order valence-corrected chi connectivity index (χ1v) is 6.24. The third-order valence-electron chi connectivity index (χ3n) is 2.93. The summed E-state index contributed by atoms with van der Waals surface area (Å²) in [5.41, 5.74) is 1.07. The van der Waals surface area contributed by atoms with E-state index in [0.717, 1.165) is 24.3 Å². The van der Waals surface area contributed by atoms with Gasteiger partial charge in [0, 0.05) is 16.6 Å². The molecule has 1 heterocycles. The van der Waals surface area contributed by atoms with E-state index in [1.54, 1.807) is 13.2 Å². The van der Waals surface area contributed by atoms with Crippen LogP contribution in [0.4, 0.5) is 0 Å². The van der Waals surface area contributed by atoms with Crippen LogP contribution >= 0.6 is 23.2 Å². The molecule has 0 bridgehead atoms. The van der Waals surface area contributed by atoms with Gasteiger partial charge in [-0.15, -0.1) is 0 Å². The number of ether oxygens (including phenoxy) is 1. The molecular weight excluding hydrogens is 245 g/mol. The second-order valence-electron chi connectivity index (χ2n) is 4.01. The lowest BCUT2D eigenvalue weighted by atomic mass is 9.97. The lowest BCUT2D eigenvalue weighted by molar-refractivity contribution is 0.374. The van der Waals surface area contributed by atoms with Gasteiger partial charge in [0.25, 0.3) is 0 Å². The molecule has 88 valence electrons. The summed E-state index contributed by atoms with van der Waals surface area (Å²) in [6.07, 6.45) is 3.56. The van der Waals surface area contributed by atoms with Crippen molar-refractivity contribution in [2.45, 2.75) is 25.3 Å². The second kappa shape index (κ2) is 5.26. The maximum absolute atomic E-state index is 6.12. The third-order valence-corrected chi connectivity index (χ3v) is 3.43. The topological polar surface area (TPSA) is 21.3 Å². The van der Waals surface area contributed by atoms with Gasteiger partial charge in [0.1, 0.15) is 5.75 Å². The Bertz CT molecular complexity index is 376. The molecule has 0 saturated carbocycles. The number of hydrogen-bond acceptors (Lipinski definition) is 2. The normalized spacial score (nSPS) is 20.8. The lowest BCUT2D eigenvalue weighted by Crippen LogP contribution is -2.27. The molecule has 0 amide bonds. The summed E-state index contributed by atoms with van der Waals surface area (Å²) < 4.78 is 5.35. The molecule has 1 saturated heterocycles. The second-order valence-corrected chi connectivity index (χ2v) is 4.86. The van der Waals surface area contributed by atoms with Gasteiger partial charge in [-0.25, -0.2) is 0 Å². The van der Waals surface area contributed by atoms with E-state index in [9.17, 15) is 0 Å². The first kappa shape index (κ1) is 12.0. The van der Waals surface area contributed by atoms with E-state index in [4.69, 9.17) is 27.9 Å². The van der Waals surface area contributed by atoms with Crippen LogP contribution < -0.4 is 10.1 Å². The van der Waals surface area contributed by atoms with Crippen molar-refractivity contribution < 1.29 is 4.74 Å². The van der Waals surface area contributed by atoms with Crippen LogP contribution in [0.3, 0.4) is 0 Å². The van der Waals surface area contributed by atoms with Crippen LogP contribution in [0.2, 0.25) is 10.0 Å². The fourth-order valence-electron chi connectivity index (χ4n) is 2.17. The van der Waals surface area contributed by atoms with Gasteiger partial charge in [0.15, 0.2) is 0 Å². The van der Waals surface area contributed by atoms with Crippen LogP contribution in [0.1, 0.15) is 30.9 Å². The predicted molar refractivity (Wildman–Crippen MR) is 67.6 cm³/mol. The molecule has 0 aliphatic carbocycles. The number of piperidine rings is 1. The zero-order valence-electron chi connectivity index (χ0n) is 9.22. The van der Waals surface area contributed by atoms with Crippen molar-refractivity contribution >= 4 is 23.2 Å². The average Bonchev–Trinajstić information content (AvgIpc) is 2.29. The van der Waals surface area contributed by atoms with Gasteiger partial charge in [-0.05, 0) is 31.5 Å². The Morgan fingerprint density at radius 3 is 2.75 bits per heavy atom. The van der Waals surface area contributed by atoms with Gasteiger partial charge < -0.3 is 10.1 Å². The van der Waals surface area contributed by atoms with Crippen molar-refractivity contribution in [2.24, 2.45) is 0 Å². The van der Waals surface area contributed by atoms with Gasteiger partial charge in [-0.2, -0.15) is 0 Å². The molecule has 0 spiro atoms. The zero-order valence-corrected chi connectivity index (χ0v) is 10.7. The first-order chi connectivity index (χ1) is 7.72. The van der Waals surface area contributed by atoms with Crippen molar-refractivity contribution in [3.8, 4) is 5.75 Å². The molecule has 4 heteroatoms. The molecule has 2 nitrogen and oxygen atoms in total. The summed E-state index contributed by atoms with van der Waals surface area (Å²) in [7, 11) is 1.64. The number of hydrogen-bond donors (Lipinski definition) is 1. The first-order valence-electron chi connectivity index (χ1n) is 5.48. The molecule has 2 rings (SSSR count). The molecular formula is C12H15Cl2NO. The van der Waals surface area contributed by atoms with Crippen molar-refractivity contribution in [3.05, 3.63) is 27.7 Å². The van der Waals surface area contributed by atoms with Crippen LogP contribution in [-0.2, 0) is 0 Å². The summed E-state index contributed by atoms with van der Waals surface area (Å²) in [4.78, 5) is 0. The standard InChI is InChI=1S/C12H15Cl2NO/c1-16-12-9(6-8(13)7-10(12)14)11-4-2-3-5-15-11/h6-7,11,15H,2-5H2,1H3. The Labute approximate surface area is 106 Å². The van der Waals surface area contributed by atoms with E-state index < -0.39 is 0 Å². The molecule has 1 unspecified atom stereocenters. The number of benzene rings is 1. The maximum atomic E-state index is 6.12. The van der Waals surface area contributed by atoms with Crippen LogP contribution in [0.5, 0.6) is 5.75 Å². The summed E-state index contributed by atoms with van der Waals surface area (Å²) in [5, 5.41) is 4.71. The Morgan fingerprint density at radius 2 is 2.12 bits per heavy atom. The number of methoxy groups -OCH3 is 1. The molecule has 1 aromatic carbocycles. The summed E-state index contributed by atoms with van der Waals surface area (Å²) in [6.45, 7) is 1.04. The van der Waals surface area contributed by atoms with Gasteiger partial charge in [-0.3, -0.25) is 0 Å². The molecule has 1 N–H and O–H groups in total. The van der Waals surface area contributed by atoms with E-state index in [0.29, 0.717) is 16.1 Å². The van der Waals surface area contributed by atoms with Gasteiger partial charge >= 0.3 is 0 Å². The highest BCUT2D eigenvalue weighted by Crippen LogP contribution is 2.38. The van der Waals surface area contributed by atoms with Crippen LogP contribution in [0.15, 0.2) is 12.1 Å². The molecule has 1 atom stereocenters. The number of rotatable bonds is 2. The van der Waals surface area contributed by atoms with Crippen LogP contribution in [0.25, 0.3) is 0 Å². The lowest BCUT2D eigenvalue weighted by Gasteiger charge is -2.25. The molecule has 1 aliphatic heterocycles. The molecule has 1 aliphatic rings. The Balaban J connectivity index is 2.36. The summed E-state index contributed by atoms with van der Waals surface area (Å²) in [5.74, 6) is 0.741. The minimum Gasteiger partial charge on any atom is -0.495 e. The van der Waals surface area contributed by atoms with Gasteiger partial charge in [0.05, 0.1) is 12.1 Å². The van der Waals surface area contributed by atoms with Crippen LogP contribution in [-0.4, -0.2) is 13.7 Å². The van der Waals surface area contributed by atoms with Crippen LogP contribution in [0, 0.1) is 0 Å². The highest BCUT2D eigenvalue weighted by atomic mass is 35.5. The molecule has 1 aromatic rings. The molecule has 16 heavy (non-hydrogen) atoms. The highest BCUT2D eigenvalue weighted by Gasteiger charge is 2.20. The summed E-state index contributed by atoms with van der Waals surface area (Å²) in [6, 6.07) is 3.96. The highest BCUT2D eigenvalue weighted by molar-refractivity contribution is 6.35. The quantitative estimate of drug-likeness (QED) is 0.872. The minimum absolute atomic E-state index is 0.305. The van der Waals surface area contributed by atoms with E-state index in [1.807, 2.05) is 6.07 Å². The van der Waals surface area contributed by atoms with Crippen molar-refractivity contribution in [3.63, 3.8) is 0 Å². The molecule has 0 aromatic heterocycles. The monoisotopic (exact) mass is 259 g/mol. The van der Waals surface area contributed by atoms with Gasteiger partial charge in [-0.1, -0.05) is 29.6 Å². The fraction of sp³-hybridized carbons (Fsp3) is 0.500. The number of halogens is 2. The third kappa shape index (κ3) is 2.45. The largest absolute Gasteiger partial charge is 0.495 e. The Hall–Kier alpha value is -0.440. The predicted octanol–water partition coefficient (Wildman–Crippen LogP) is 3.82. The molecule has 0 radical (unpaired) electrons. The van der Waals surface area contributed by atoms with Crippen molar-refractivity contribution in [2.75, 3.05) is 13.7 Å². The smallest absolute Gasteiger partial charge is 0.142 e. The van der Waals surface area contributed by atoms with E-state index in [2.05, 4.69) is 5.32 Å². The fourth-order valence-corrected chi connectivity index (χ4v) is 2.76. The molecule has 1 fully saturated rings. The Morgan fingerprint density at radius 1 is 1.31 bits per heavy atom. The van der Waals surface area contributed by atoms with Crippen molar-refractivity contribution in [1.29, 1.82) is 0 Å². The Kier molecular flexibility index (Phi) is 3.95.